The predicted molar refractivity (Wildman–Crippen MR) is 139 cm³/mol. The standard InChI is InChI=1S/C27H26F3N3O2.C2HF3O2/c28-22-13-20(18-4-3-17-2-1-9-31-23(17)12-18)25(29)26(30)21(22)14-32-10-7-27(8-11-32)16-33(19-5-6-19)24(34)15-35-27;3-2(4,5)1(6)7/h1-4,9,12-13,19H,5-8,10-11,14-16H2;(H,6,7). The number of morpholine rings is 1. The Kier molecular flexibility index (Phi) is 8.17. The zero-order chi connectivity index (χ0) is 30.2. The zero-order valence-electron chi connectivity index (χ0n) is 22.3. The number of ether oxygens (including phenoxy) is 1. The highest BCUT2D eigenvalue weighted by Gasteiger charge is 2.46. The smallest absolute Gasteiger partial charge is 0.475 e. The van der Waals surface area contributed by atoms with E-state index in [2.05, 4.69) is 4.98 Å². The highest BCUT2D eigenvalue weighted by atomic mass is 19.4. The highest BCUT2D eigenvalue weighted by Crippen LogP contribution is 2.37. The lowest BCUT2D eigenvalue weighted by Gasteiger charge is -2.47. The van der Waals surface area contributed by atoms with Gasteiger partial charge in [0.15, 0.2) is 11.6 Å². The van der Waals surface area contributed by atoms with Crippen LogP contribution in [-0.2, 0) is 20.9 Å². The second-order valence-corrected chi connectivity index (χ2v) is 10.7. The number of carboxylic acid groups (broad SMARTS) is 1. The van der Waals surface area contributed by atoms with Gasteiger partial charge < -0.3 is 14.7 Å². The molecule has 3 fully saturated rings. The number of halogens is 6. The molecule has 7 nitrogen and oxygen atoms in total. The Labute approximate surface area is 236 Å². The molecule has 2 aliphatic heterocycles. The third-order valence-corrected chi connectivity index (χ3v) is 7.83. The van der Waals surface area contributed by atoms with Gasteiger partial charge in [0, 0.05) is 48.4 Å². The monoisotopic (exact) mass is 595 g/mol. The van der Waals surface area contributed by atoms with E-state index in [9.17, 15) is 18.0 Å². The van der Waals surface area contributed by atoms with Crippen LogP contribution in [0, 0.1) is 17.5 Å². The van der Waals surface area contributed by atoms with Crippen molar-refractivity contribution in [1.82, 2.24) is 14.8 Å². The second-order valence-electron chi connectivity index (χ2n) is 10.7. The Morgan fingerprint density at radius 2 is 1.76 bits per heavy atom. The van der Waals surface area contributed by atoms with Crippen LogP contribution in [0.4, 0.5) is 26.3 Å². The number of likely N-dealkylation sites (tertiary alicyclic amines) is 1. The number of hydrogen-bond acceptors (Lipinski definition) is 5. The SMILES string of the molecule is O=C(O)C(F)(F)F.O=C1COC2(CCN(Cc3c(F)cc(-c4ccc5cccnc5c4)c(F)c3F)CC2)CN1C1CC1. The molecule has 3 aliphatic rings. The van der Waals surface area contributed by atoms with Gasteiger partial charge >= 0.3 is 12.1 Å². The molecule has 0 bridgehead atoms. The van der Waals surface area contributed by atoms with Gasteiger partial charge in [-0.05, 0) is 49.4 Å². The summed E-state index contributed by atoms with van der Waals surface area (Å²) in [6.45, 7) is 1.78. The van der Waals surface area contributed by atoms with E-state index in [-0.39, 0.29) is 30.2 Å². The first kappa shape index (κ1) is 29.8. The summed E-state index contributed by atoms with van der Waals surface area (Å²) in [5.41, 5.74) is 0.226. The van der Waals surface area contributed by atoms with E-state index < -0.39 is 35.2 Å². The summed E-state index contributed by atoms with van der Waals surface area (Å²) < 4.78 is 82.9. The topological polar surface area (TPSA) is 83.0 Å². The molecule has 1 spiro atoms. The summed E-state index contributed by atoms with van der Waals surface area (Å²) >= 11 is 0. The van der Waals surface area contributed by atoms with Crippen molar-refractivity contribution in [1.29, 1.82) is 0 Å². The van der Waals surface area contributed by atoms with Crippen molar-refractivity contribution >= 4 is 22.8 Å². The van der Waals surface area contributed by atoms with Crippen molar-refractivity contribution in [3.05, 3.63) is 65.6 Å². The fourth-order valence-electron chi connectivity index (χ4n) is 5.33. The molecule has 2 saturated heterocycles. The largest absolute Gasteiger partial charge is 0.490 e. The van der Waals surface area contributed by atoms with E-state index in [1.807, 2.05) is 15.9 Å². The number of benzene rings is 2. The number of fused-ring (bicyclic) bond motifs is 1. The summed E-state index contributed by atoms with van der Waals surface area (Å²) in [6.07, 6.45) is -0.0441. The molecular weight excluding hydrogens is 568 g/mol. The first-order valence-electron chi connectivity index (χ1n) is 13.3. The highest BCUT2D eigenvalue weighted by molar-refractivity contribution is 5.84. The van der Waals surface area contributed by atoms with Gasteiger partial charge in [0.2, 0.25) is 5.91 Å². The summed E-state index contributed by atoms with van der Waals surface area (Å²) in [5.74, 6) is -5.69. The third-order valence-electron chi connectivity index (χ3n) is 7.83. The molecule has 3 heterocycles. The molecule has 0 atom stereocenters. The third kappa shape index (κ3) is 6.36. The maximum Gasteiger partial charge on any atom is 0.490 e. The maximum atomic E-state index is 15.1. The van der Waals surface area contributed by atoms with Gasteiger partial charge in [-0.1, -0.05) is 18.2 Å². The average molecular weight is 596 g/mol. The number of amides is 1. The van der Waals surface area contributed by atoms with E-state index in [4.69, 9.17) is 14.6 Å². The summed E-state index contributed by atoms with van der Waals surface area (Å²) in [4.78, 5) is 29.2. The van der Waals surface area contributed by atoms with Crippen molar-refractivity contribution in [3.8, 4) is 11.1 Å². The molecule has 1 saturated carbocycles. The number of aliphatic carboxylic acids is 1. The fourth-order valence-corrected chi connectivity index (χ4v) is 5.33. The van der Waals surface area contributed by atoms with E-state index in [1.54, 1.807) is 30.5 Å². The summed E-state index contributed by atoms with van der Waals surface area (Å²) in [7, 11) is 0. The predicted octanol–water partition coefficient (Wildman–Crippen LogP) is 5.31. The number of alkyl halides is 3. The lowest BCUT2D eigenvalue weighted by molar-refractivity contribution is -0.192. The zero-order valence-corrected chi connectivity index (χ0v) is 22.3. The van der Waals surface area contributed by atoms with Crippen LogP contribution in [0.2, 0.25) is 0 Å². The second kappa shape index (κ2) is 11.5. The number of hydrogen-bond donors (Lipinski definition) is 1. The Morgan fingerprint density at radius 1 is 1.07 bits per heavy atom. The van der Waals surface area contributed by atoms with Gasteiger partial charge in [-0.3, -0.25) is 14.7 Å². The van der Waals surface area contributed by atoms with Crippen LogP contribution < -0.4 is 0 Å². The minimum absolute atomic E-state index is 0.0184. The number of carbonyl (C=O) groups is 2. The Bertz CT molecular complexity index is 1500. The number of aromatic nitrogens is 1. The molecule has 1 amide bonds. The lowest BCUT2D eigenvalue weighted by atomic mass is 9.88. The number of carboxylic acids is 1. The molecule has 3 aromatic rings. The minimum atomic E-state index is -5.08. The molecule has 224 valence electrons. The van der Waals surface area contributed by atoms with Gasteiger partial charge in [-0.25, -0.2) is 18.0 Å². The van der Waals surface area contributed by atoms with Gasteiger partial charge in [0.05, 0.1) is 17.7 Å². The van der Waals surface area contributed by atoms with E-state index in [1.165, 1.54) is 0 Å². The number of rotatable bonds is 4. The molecule has 6 rings (SSSR count). The number of piperidine rings is 1. The molecular formula is C29H27F6N3O4. The molecule has 1 aromatic heterocycles. The molecule has 2 aromatic carbocycles. The van der Waals surface area contributed by atoms with Crippen LogP contribution in [0.3, 0.4) is 0 Å². The van der Waals surface area contributed by atoms with E-state index in [0.717, 1.165) is 24.3 Å². The van der Waals surface area contributed by atoms with E-state index >= 15 is 13.2 Å². The normalized spacial score (nSPS) is 19.1. The molecule has 0 unspecified atom stereocenters. The minimum Gasteiger partial charge on any atom is -0.475 e. The van der Waals surface area contributed by atoms with Gasteiger partial charge in [0.25, 0.3) is 0 Å². The molecule has 42 heavy (non-hydrogen) atoms. The van der Waals surface area contributed by atoms with Crippen LogP contribution in [-0.4, -0.2) is 75.8 Å². The summed E-state index contributed by atoms with van der Waals surface area (Å²) in [6, 6.07) is 10.1. The fraction of sp³-hybridized carbons (Fsp3) is 0.414. The Morgan fingerprint density at radius 3 is 2.40 bits per heavy atom. The van der Waals surface area contributed by atoms with Crippen LogP contribution in [0.15, 0.2) is 42.6 Å². The maximum absolute atomic E-state index is 15.1. The number of pyridine rings is 1. The van der Waals surface area contributed by atoms with Crippen molar-refractivity contribution in [2.45, 2.75) is 50.0 Å². The van der Waals surface area contributed by atoms with Gasteiger partial charge in [0.1, 0.15) is 12.4 Å². The van der Waals surface area contributed by atoms with Crippen LogP contribution >= 0.6 is 0 Å². The van der Waals surface area contributed by atoms with Crippen molar-refractivity contribution in [2.75, 3.05) is 26.2 Å². The van der Waals surface area contributed by atoms with Gasteiger partial charge in [-0.15, -0.1) is 0 Å². The lowest BCUT2D eigenvalue weighted by Crippen LogP contribution is -2.59. The van der Waals surface area contributed by atoms with Crippen molar-refractivity contribution < 1.29 is 45.8 Å². The van der Waals surface area contributed by atoms with E-state index in [0.29, 0.717) is 49.6 Å². The van der Waals surface area contributed by atoms with Crippen molar-refractivity contribution in [3.63, 3.8) is 0 Å². The van der Waals surface area contributed by atoms with Crippen LogP contribution in [0.5, 0.6) is 0 Å². The molecule has 1 aliphatic carbocycles. The van der Waals surface area contributed by atoms with Crippen LogP contribution in [0.25, 0.3) is 22.0 Å². The molecule has 13 heteroatoms. The van der Waals surface area contributed by atoms with Crippen LogP contribution in [0.1, 0.15) is 31.2 Å². The molecule has 1 N–H and O–H groups in total. The Hall–Kier alpha value is -3.71. The number of carbonyl (C=O) groups excluding carboxylic acids is 1. The first-order chi connectivity index (χ1) is 19.9. The summed E-state index contributed by atoms with van der Waals surface area (Å²) in [5, 5.41) is 7.99. The number of nitrogens with zero attached hydrogens (tertiary/aromatic N) is 3. The Balaban J connectivity index is 0.000000451. The first-order valence-corrected chi connectivity index (χ1v) is 13.3. The quantitative estimate of drug-likeness (QED) is 0.326. The average Bonchev–Trinajstić information content (AvgIpc) is 3.81. The van der Waals surface area contributed by atoms with Crippen molar-refractivity contribution in [2.24, 2.45) is 0 Å². The molecule has 0 radical (unpaired) electrons. The van der Waals surface area contributed by atoms with Gasteiger partial charge in [-0.2, -0.15) is 13.2 Å².